The van der Waals surface area contributed by atoms with Crippen molar-refractivity contribution in [2.45, 2.75) is 32.9 Å². The van der Waals surface area contributed by atoms with Gasteiger partial charge < -0.3 is 14.5 Å². The van der Waals surface area contributed by atoms with Gasteiger partial charge in [-0.05, 0) is 26.8 Å². The minimum atomic E-state index is -0.545. The van der Waals surface area contributed by atoms with Gasteiger partial charge in [-0.25, -0.2) is 4.79 Å². The SMILES string of the molecule is C#C/C(Cl)=c1/oc(CNC(=O)OC(C)(C)C)cc1=C. The molecule has 0 atom stereocenters. The van der Waals surface area contributed by atoms with Gasteiger partial charge in [0.2, 0.25) is 0 Å². The fourth-order valence-corrected chi connectivity index (χ4v) is 1.46. The van der Waals surface area contributed by atoms with Crippen LogP contribution in [0, 0.1) is 12.3 Å². The Hall–Kier alpha value is -1.86. The smallest absolute Gasteiger partial charge is 0.408 e. The molecule has 1 N–H and O–H groups in total. The number of hydrogen-bond donors (Lipinski definition) is 1. The molecule has 0 spiro atoms. The number of carbonyl (C=O) groups excluding carboxylic acids is 1. The van der Waals surface area contributed by atoms with Crippen LogP contribution < -0.4 is 16.0 Å². The number of amides is 1. The van der Waals surface area contributed by atoms with Crippen LogP contribution in [0.15, 0.2) is 10.5 Å². The average molecular weight is 282 g/mol. The highest BCUT2D eigenvalue weighted by molar-refractivity contribution is 6.48. The molecule has 0 radical (unpaired) electrons. The lowest BCUT2D eigenvalue weighted by Crippen LogP contribution is -2.32. The highest BCUT2D eigenvalue weighted by Crippen LogP contribution is 2.06. The molecule has 1 aromatic heterocycles. The van der Waals surface area contributed by atoms with E-state index in [1.165, 1.54) is 0 Å². The van der Waals surface area contributed by atoms with E-state index >= 15 is 0 Å². The number of alkyl carbamates (subject to hydrolysis) is 1. The summed E-state index contributed by atoms with van der Waals surface area (Å²) in [6.07, 6.45) is 4.65. The van der Waals surface area contributed by atoms with E-state index in [0.29, 0.717) is 16.4 Å². The first-order valence-corrected chi connectivity index (χ1v) is 6.01. The summed E-state index contributed by atoms with van der Waals surface area (Å²) in [5.74, 6) is 2.77. The number of nitrogens with one attached hydrogen (secondary N) is 1. The fourth-order valence-electron chi connectivity index (χ4n) is 1.30. The summed E-state index contributed by atoms with van der Waals surface area (Å²) >= 11 is 5.79. The minimum absolute atomic E-state index is 0.147. The van der Waals surface area contributed by atoms with Crippen LogP contribution in [0.2, 0.25) is 0 Å². The molecule has 0 saturated carbocycles. The van der Waals surface area contributed by atoms with Gasteiger partial charge in [0.05, 0.1) is 6.54 Å². The van der Waals surface area contributed by atoms with Gasteiger partial charge >= 0.3 is 6.09 Å². The molecule has 19 heavy (non-hydrogen) atoms. The van der Waals surface area contributed by atoms with Gasteiger partial charge in [-0.15, -0.1) is 6.42 Å². The zero-order valence-corrected chi connectivity index (χ0v) is 11.9. The van der Waals surface area contributed by atoms with Crippen molar-refractivity contribution in [3.63, 3.8) is 0 Å². The number of hydrogen-bond acceptors (Lipinski definition) is 3. The van der Waals surface area contributed by atoms with Gasteiger partial charge in [0, 0.05) is 5.22 Å². The molecule has 0 unspecified atom stereocenters. The molecule has 1 aromatic rings. The summed E-state index contributed by atoms with van der Waals surface area (Å²) in [5, 5.41) is 3.29. The molecular weight excluding hydrogens is 266 g/mol. The Morgan fingerprint density at radius 2 is 2.26 bits per heavy atom. The fraction of sp³-hybridized carbons (Fsp3) is 0.357. The highest BCUT2D eigenvalue weighted by atomic mass is 35.5. The number of carbonyl (C=O) groups is 1. The Morgan fingerprint density at radius 1 is 1.63 bits per heavy atom. The molecule has 5 heteroatoms. The van der Waals surface area contributed by atoms with Gasteiger partial charge in [-0.1, -0.05) is 24.1 Å². The Labute approximate surface area is 117 Å². The van der Waals surface area contributed by atoms with E-state index in [0.717, 1.165) is 0 Å². The van der Waals surface area contributed by atoms with E-state index in [9.17, 15) is 4.79 Å². The zero-order chi connectivity index (χ0) is 14.6. The Morgan fingerprint density at radius 3 is 2.79 bits per heavy atom. The molecular formula is C14H16ClNO3. The normalized spacial score (nSPS) is 12.6. The van der Waals surface area contributed by atoms with E-state index in [1.807, 2.05) is 0 Å². The van der Waals surface area contributed by atoms with Crippen molar-refractivity contribution in [2.75, 3.05) is 0 Å². The number of rotatable bonds is 2. The largest absolute Gasteiger partial charge is 0.457 e. The van der Waals surface area contributed by atoms with Crippen molar-refractivity contribution in [1.82, 2.24) is 5.32 Å². The first-order valence-electron chi connectivity index (χ1n) is 5.64. The third-order valence-corrected chi connectivity index (χ3v) is 2.27. The summed E-state index contributed by atoms with van der Waals surface area (Å²) in [4.78, 5) is 11.5. The first kappa shape index (κ1) is 15.2. The van der Waals surface area contributed by atoms with Crippen LogP contribution in [0.1, 0.15) is 26.5 Å². The van der Waals surface area contributed by atoms with E-state index in [4.69, 9.17) is 27.2 Å². The van der Waals surface area contributed by atoms with Crippen LogP contribution in [0.5, 0.6) is 0 Å². The predicted molar refractivity (Wildman–Crippen MR) is 74.6 cm³/mol. The minimum Gasteiger partial charge on any atom is -0.457 e. The number of halogens is 1. The molecule has 4 nitrogen and oxygen atoms in total. The molecule has 0 aromatic carbocycles. The molecule has 102 valence electrons. The van der Waals surface area contributed by atoms with Crippen molar-refractivity contribution >= 4 is 29.3 Å². The topological polar surface area (TPSA) is 51.5 Å². The van der Waals surface area contributed by atoms with Crippen LogP contribution in [-0.2, 0) is 11.3 Å². The van der Waals surface area contributed by atoms with Gasteiger partial charge in [0.15, 0.2) is 5.42 Å². The molecule has 0 bridgehead atoms. The third kappa shape index (κ3) is 4.72. The summed E-state index contributed by atoms with van der Waals surface area (Å²) in [6.45, 7) is 9.29. The van der Waals surface area contributed by atoms with Crippen molar-refractivity contribution in [3.05, 3.63) is 22.5 Å². The quantitative estimate of drug-likeness (QED) is 0.840. The number of furan rings is 1. The van der Waals surface area contributed by atoms with Crippen LogP contribution in [0.3, 0.4) is 0 Å². The Bertz CT molecular complexity index is 617. The lowest BCUT2D eigenvalue weighted by Gasteiger charge is -2.19. The Balaban J connectivity index is 2.74. The molecule has 0 aliphatic carbocycles. The average Bonchev–Trinajstić information content (AvgIpc) is 2.65. The van der Waals surface area contributed by atoms with E-state index < -0.39 is 11.7 Å². The van der Waals surface area contributed by atoms with Gasteiger partial charge in [0.1, 0.15) is 16.4 Å². The van der Waals surface area contributed by atoms with Crippen LogP contribution in [-0.4, -0.2) is 11.7 Å². The molecule has 1 rings (SSSR count). The van der Waals surface area contributed by atoms with Crippen LogP contribution >= 0.6 is 11.6 Å². The number of ether oxygens (including phenoxy) is 1. The third-order valence-electron chi connectivity index (χ3n) is 1.99. The van der Waals surface area contributed by atoms with Crippen molar-refractivity contribution in [2.24, 2.45) is 0 Å². The predicted octanol–water partition coefficient (Wildman–Crippen LogP) is 1.69. The first-order chi connectivity index (χ1) is 8.73. The molecule has 1 amide bonds. The maximum atomic E-state index is 11.5. The summed E-state index contributed by atoms with van der Waals surface area (Å²) in [6, 6.07) is 1.66. The van der Waals surface area contributed by atoms with Gasteiger partial charge in [-0.2, -0.15) is 0 Å². The van der Waals surface area contributed by atoms with Crippen molar-refractivity contribution in [1.29, 1.82) is 0 Å². The van der Waals surface area contributed by atoms with Crippen LogP contribution in [0.25, 0.3) is 11.6 Å². The van der Waals surface area contributed by atoms with Gasteiger partial charge in [-0.3, -0.25) is 0 Å². The summed E-state index contributed by atoms with van der Waals surface area (Å²) < 4.78 is 10.5. The van der Waals surface area contributed by atoms with Crippen molar-refractivity contribution in [3.8, 4) is 12.3 Å². The second-order valence-corrected chi connectivity index (χ2v) is 5.26. The van der Waals surface area contributed by atoms with E-state index in [2.05, 4.69) is 17.8 Å². The molecule has 0 saturated heterocycles. The van der Waals surface area contributed by atoms with Gasteiger partial charge in [0.25, 0.3) is 0 Å². The summed E-state index contributed by atoms with van der Waals surface area (Å²) in [5.41, 5.74) is -0.207. The monoisotopic (exact) mass is 281 g/mol. The van der Waals surface area contributed by atoms with Crippen molar-refractivity contribution < 1.29 is 13.9 Å². The Kier molecular flexibility index (Phi) is 4.68. The molecule has 0 aliphatic rings. The second-order valence-electron chi connectivity index (χ2n) is 4.88. The molecule has 1 heterocycles. The maximum Gasteiger partial charge on any atom is 0.408 e. The van der Waals surface area contributed by atoms with Crippen LogP contribution in [0.4, 0.5) is 4.79 Å². The van der Waals surface area contributed by atoms with E-state index in [1.54, 1.807) is 26.8 Å². The zero-order valence-electron chi connectivity index (χ0n) is 11.2. The maximum absolute atomic E-state index is 11.5. The summed E-state index contributed by atoms with van der Waals surface area (Å²) in [7, 11) is 0. The highest BCUT2D eigenvalue weighted by Gasteiger charge is 2.16. The molecule has 0 fully saturated rings. The van der Waals surface area contributed by atoms with E-state index in [-0.39, 0.29) is 11.6 Å². The second kappa shape index (κ2) is 5.85. The lowest BCUT2D eigenvalue weighted by molar-refractivity contribution is 0.0519. The standard InChI is InChI=1S/C14H16ClNO3/c1-6-11(15)12-9(2)7-10(18-12)8-16-13(17)19-14(3,4)5/h1,7H,2,8H2,3-5H3,(H,16,17)/b12-11-. The molecule has 0 aliphatic heterocycles. The lowest BCUT2D eigenvalue weighted by atomic mass is 10.2. The number of terminal acetylenes is 1.